The maximum Gasteiger partial charge on any atom is 0.228 e. The van der Waals surface area contributed by atoms with Crippen molar-refractivity contribution >= 4 is 39.7 Å². The van der Waals surface area contributed by atoms with Crippen LogP contribution in [0.1, 0.15) is 11.1 Å². The molecule has 1 aliphatic rings. The summed E-state index contributed by atoms with van der Waals surface area (Å²) >= 11 is 7.46. The summed E-state index contributed by atoms with van der Waals surface area (Å²) in [7, 11) is 0. The Kier molecular flexibility index (Phi) is 5.11. The van der Waals surface area contributed by atoms with Crippen LogP contribution in [0.15, 0.2) is 47.8 Å². The summed E-state index contributed by atoms with van der Waals surface area (Å²) in [5.41, 5.74) is 11.2. The standard InChI is InChI=1S/C20H19ClN4OS/c21-15-4-1-12(2-5-15)7-16(22)10-23-20-25-18(11-27-20)13-3-6-17-14(8-13)9-19(26)24-17/h1-6,8,11,16H,7,9-10,22H2,(H,23,25)(H,24,26)/t16-/m0/s1. The summed E-state index contributed by atoms with van der Waals surface area (Å²) in [6.07, 6.45) is 1.20. The van der Waals surface area contributed by atoms with Crippen LogP contribution in [0.5, 0.6) is 0 Å². The van der Waals surface area contributed by atoms with Crippen molar-refractivity contribution in [2.24, 2.45) is 5.73 Å². The van der Waals surface area contributed by atoms with Crippen LogP contribution in [-0.2, 0) is 17.6 Å². The van der Waals surface area contributed by atoms with Gasteiger partial charge in [-0.3, -0.25) is 4.79 Å². The van der Waals surface area contributed by atoms with Crippen LogP contribution < -0.4 is 16.4 Å². The molecular formula is C20H19ClN4OS. The van der Waals surface area contributed by atoms with Crippen molar-refractivity contribution in [3.8, 4) is 11.3 Å². The van der Waals surface area contributed by atoms with Gasteiger partial charge in [0.15, 0.2) is 5.13 Å². The predicted octanol–water partition coefficient (Wildman–Crippen LogP) is 3.94. The zero-order chi connectivity index (χ0) is 18.8. The number of nitrogens with one attached hydrogen (secondary N) is 2. The lowest BCUT2D eigenvalue weighted by Crippen LogP contribution is -2.31. The van der Waals surface area contributed by atoms with E-state index in [-0.39, 0.29) is 11.9 Å². The molecule has 0 bridgehead atoms. The molecule has 7 heteroatoms. The highest BCUT2D eigenvalue weighted by Gasteiger charge is 2.18. The number of hydrogen-bond donors (Lipinski definition) is 3. The molecule has 2 aromatic carbocycles. The Morgan fingerprint density at radius 2 is 2.07 bits per heavy atom. The van der Waals surface area contributed by atoms with Crippen LogP contribution in [0, 0.1) is 0 Å². The zero-order valence-electron chi connectivity index (χ0n) is 14.5. The van der Waals surface area contributed by atoms with Crippen molar-refractivity contribution in [2.45, 2.75) is 18.9 Å². The van der Waals surface area contributed by atoms with Crippen molar-refractivity contribution in [2.75, 3.05) is 17.2 Å². The lowest BCUT2D eigenvalue weighted by Gasteiger charge is -2.12. The largest absolute Gasteiger partial charge is 0.360 e. The van der Waals surface area contributed by atoms with E-state index >= 15 is 0 Å². The van der Waals surface area contributed by atoms with Crippen LogP contribution in [0.4, 0.5) is 10.8 Å². The van der Waals surface area contributed by atoms with Gasteiger partial charge in [-0.1, -0.05) is 29.8 Å². The highest BCUT2D eigenvalue weighted by molar-refractivity contribution is 7.14. The molecule has 27 heavy (non-hydrogen) atoms. The summed E-state index contributed by atoms with van der Waals surface area (Å²) in [5, 5.41) is 9.74. The van der Waals surface area contributed by atoms with Gasteiger partial charge < -0.3 is 16.4 Å². The van der Waals surface area contributed by atoms with Gasteiger partial charge in [-0.25, -0.2) is 4.98 Å². The fraction of sp³-hybridized carbons (Fsp3) is 0.200. The van der Waals surface area contributed by atoms with E-state index in [4.69, 9.17) is 17.3 Å². The summed E-state index contributed by atoms with van der Waals surface area (Å²) in [5.74, 6) is 0.0393. The topological polar surface area (TPSA) is 80.0 Å². The Morgan fingerprint density at radius 3 is 2.89 bits per heavy atom. The molecule has 2 heterocycles. The van der Waals surface area contributed by atoms with Crippen LogP contribution in [0.2, 0.25) is 5.02 Å². The van der Waals surface area contributed by atoms with Gasteiger partial charge in [-0.2, -0.15) is 0 Å². The second-order valence-electron chi connectivity index (χ2n) is 6.61. The number of rotatable bonds is 6. The number of halogens is 1. The van der Waals surface area contributed by atoms with Gasteiger partial charge in [-0.15, -0.1) is 11.3 Å². The van der Waals surface area contributed by atoms with Crippen molar-refractivity contribution < 1.29 is 4.79 Å². The highest BCUT2D eigenvalue weighted by Crippen LogP contribution is 2.30. The zero-order valence-corrected chi connectivity index (χ0v) is 16.1. The molecule has 4 N–H and O–H groups in total. The van der Waals surface area contributed by atoms with Crippen LogP contribution in [-0.4, -0.2) is 23.5 Å². The summed E-state index contributed by atoms with van der Waals surface area (Å²) in [6.45, 7) is 0.637. The molecule has 5 nitrogen and oxygen atoms in total. The van der Waals surface area contributed by atoms with E-state index in [1.54, 1.807) is 11.3 Å². The number of amides is 1. The molecule has 0 aliphatic carbocycles. The number of fused-ring (bicyclic) bond motifs is 1. The molecule has 1 aromatic heterocycles. The minimum absolute atomic E-state index is 0.0180. The van der Waals surface area contributed by atoms with Crippen molar-refractivity contribution in [1.29, 1.82) is 0 Å². The number of nitrogens with zero attached hydrogens (tertiary/aromatic N) is 1. The molecule has 0 spiro atoms. The monoisotopic (exact) mass is 398 g/mol. The lowest BCUT2D eigenvalue weighted by molar-refractivity contribution is -0.115. The Balaban J connectivity index is 1.36. The quantitative estimate of drug-likeness (QED) is 0.587. The summed E-state index contributed by atoms with van der Waals surface area (Å²) < 4.78 is 0. The van der Waals surface area contributed by atoms with Crippen LogP contribution in [0.25, 0.3) is 11.3 Å². The Morgan fingerprint density at radius 1 is 1.26 bits per heavy atom. The van der Waals surface area contributed by atoms with E-state index in [1.807, 2.05) is 47.8 Å². The van der Waals surface area contributed by atoms with Crippen molar-refractivity contribution in [3.05, 3.63) is 64.0 Å². The molecule has 3 aromatic rings. The Bertz CT molecular complexity index is 970. The summed E-state index contributed by atoms with van der Waals surface area (Å²) in [6, 6.07) is 13.7. The van der Waals surface area contributed by atoms with E-state index in [1.165, 1.54) is 0 Å². The van der Waals surface area contributed by atoms with E-state index in [2.05, 4.69) is 15.6 Å². The first-order chi connectivity index (χ1) is 13.1. The maximum atomic E-state index is 11.5. The first kappa shape index (κ1) is 18.0. The second-order valence-corrected chi connectivity index (χ2v) is 7.90. The number of aromatic nitrogens is 1. The average molecular weight is 399 g/mol. The number of anilines is 2. The smallest absolute Gasteiger partial charge is 0.228 e. The SMILES string of the molecule is N[C@H](CNc1nc(-c2ccc3c(c2)CC(=O)N3)cs1)Cc1ccc(Cl)cc1. The first-order valence-corrected chi connectivity index (χ1v) is 9.95. The van der Waals surface area contributed by atoms with E-state index in [0.717, 1.165) is 44.6 Å². The third-order valence-corrected chi connectivity index (χ3v) is 5.51. The van der Waals surface area contributed by atoms with E-state index < -0.39 is 0 Å². The molecule has 1 atom stereocenters. The van der Waals surface area contributed by atoms with Crippen molar-refractivity contribution in [1.82, 2.24) is 4.98 Å². The van der Waals surface area contributed by atoms with Gasteiger partial charge >= 0.3 is 0 Å². The van der Waals surface area contributed by atoms with Gasteiger partial charge in [-0.05, 0) is 41.8 Å². The molecule has 138 valence electrons. The fourth-order valence-electron chi connectivity index (χ4n) is 3.09. The highest BCUT2D eigenvalue weighted by atomic mass is 35.5. The van der Waals surface area contributed by atoms with Crippen LogP contribution >= 0.6 is 22.9 Å². The van der Waals surface area contributed by atoms with E-state index in [0.29, 0.717) is 13.0 Å². The number of benzene rings is 2. The van der Waals surface area contributed by atoms with Gasteiger partial charge in [0, 0.05) is 34.2 Å². The Hall–Kier alpha value is -2.41. The molecule has 0 fully saturated rings. The second kappa shape index (κ2) is 7.68. The Labute approximate surface area is 166 Å². The van der Waals surface area contributed by atoms with Gasteiger partial charge in [0.25, 0.3) is 0 Å². The third kappa shape index (κ3) is 4.30. The molecule has 0 radical (unpaired) electrons. The minimum atomic E-state index is -0.0180. The minimum Gasteiger partial charge on any atom is -0.360 e. The number of carbonyl (C=O) groups is 1. The summed E-state index contributed by atoms with van der Waals surface area (Å²) in [4.78, 5) is 16.1. The van der Waals surface area contributed by atoms with Crippen LogP contribution in [0.3, 0.4) is 0 Å². The molecule has 4 rings (SSSR count). The average Bonchev–Trinajstić information content (AvgIpc) is 3.26. The molecular weight excluding hydrogens is 380 g/mol. The molecule has 0 saturated heterocycles. The molecule has 0 unspecified atom stereocenters. The number of nitrogens with two attached hydrogens (primary N) is 1. The molecule has 1 aliphatic heterocycles. The molecule has 0 saturated carbocycles. The maximum absolute atomic E-state index is 11.5. The first-order valence-electron chi connectivity index (χ1n) is 8.69. The number of carbonyl (C=O) groups excluding carboxylic acids is 1. The third-order valence-electron chi connectivity index (χ3n) is 4.46. The predicted molar refractivity (Wildman–Crippen MR) is 112 cm³/mol. The number of thiazole rings is 1. The lowest BCUT2D eigenvalue weighted by atomic mass is 10.1. The van der Waals surface area contributed by atoms with Gasteiger partial charge in [0.2, 0.25) is 5.91 Å². The number of hydrogen-bond acceptors (Lipinski definition) is 5. The van der Waals surface area contributed by atoms with E-state index in [9.17, 15) is 4.79 Å². The fourth-order valence-corrected chi connectivity index (χ4v) is 3.95. The molecule has 1 amide bonds. The normalized spacial score (nSPS) is 13.9. The van der Waals surface area contributed by atoms with Crippen molar-refractivity contribution in [3.63, 3.8) is 0 Å². The van der Waals surface area contributed by atoms with Gasteiger partial charge in [0.1, 0.15) is 0 Å². The van der Waals surface area contributed by atoms with Gasteiger partial charge in [0.05, 0.1) is 12.1 Å².